The Kier molecular flexibility index (Phi) is 6.02. The maximum Gasteiger partial charge on any atom is 0.255 e. The standard InChI is InChI=1S/C23H31N5O/c1-17-16-20(27-11-7-24-8-12-27)4-5-21(17)26-23(29)19-3-6-22(18(2)15-19)28-13-9-25-10-14-28/h3-6,15-16,24-25H,7-14H2,1-2H3,(H,26,29). The van der Waals surface area contributed by atoms with E-state index in [4.69, 9.17) is 0 Å². The number of rotatable bonds is 4. The number of benzene rings is 2. The van der Waals surface area contributed by atoms with Gasteiger partial charge in [-0.2, -0.15) is 0 Å². The highest BCUT2D eigenvalue weighted by molar-refractivity contribution is 6.05. The molecule has 1 amide bonds. The third-order valence-electron chi connectivity index (χ3n) is 5.86. The molecule has 2 aliphatic heterocycles. The molecular weight excluding hydrogens is 362 g/mol. The van der Waals surface area contributed by atoms with Crippen LogP contribution < -0.4 is 25.8 Å². The van der Waals surface area contributed by atoms with Crippen LogP contribution >= 0.6 is 0 Å². The lowest BCUT2D eigenvalue weighted by molar-refractivity contribution is 0.102. The second-order valence-electron chi connectivity index (χ2n) is 7.93. The molecule has 2 heterocycles. The van der Waals surface area contributed by atoms with Crippen molar-refractivity contribution < 1.29 is 4.79 Å². The van der Waals surface area contributed by atoms with Gasteiger partial charge in [0.05, 0.1) is 0 Å². The van der Waals surface area contributed by atoms with Gasteiger partial charge in [-0.25, -0.2) is 0 Å². The minimum absolute atomic E-state index is 0.0574. The van der Waals surface area contributed by atoms with Crippen LogP contribution in [-0.2, 0) is 0 Å². The molecular formula is C23H31N5O. The zero-order chi connectivity index (χ0) is 20.2. The molecule has 4 rings (SSSR count). The fourth-order valence-electron chi connectivity index (χ4n) is 4.16. The first-order valence-corrected chi connectivity index (χ1v) is 10.6. The highest BCUT2D eigenvalue weighted by Crippen LogP contribution is 2.25. The summed E-state index contributed by atoms with van der Waals surface area (Å²) < 4.78 is 0. The van der Waals surface area contributed by atoms with E-state index in [1.54, 1.807) is 0 Å². The van der Waals surface area contributed by atoms with E-state index in [1.165, 1.54) is 11.4 Å². The third kappa shape index (κ3) is 4.54. The van der Waals surface area contributed by atoms with Crippen molar-refractivity contribution in [3.63, 3.8) is 0 Å². The molecule has 0 spiro atoms. The van der Waals surface area contributed by atoms with Gasteiger partial charge in [0.15, 0.2) is 0 Å². The van der Waals surface area contributed by atoms with Gasteiger partial charge in [-0.1, -0.05) is 0 Å². The van der Waals surface area contributed by atoms with Gasteiger partial charge in [-0.15, -0.1) is 0 Å². The van der Waals surface area contributed by atoms with Crippen molar-refractivity contribution in [1.82, 2.24) is 10.6 Å². The smallest absolute Gasteiger partial charge is 0.255 e. The Balaban J connectivity index is 1.45. The number of aryl methyl sites for hydroxylation is 2. The largest absolute Gasteiger partial charge is 0.369 e. The van der Waals surface area contributed by atoms with Crippen LogP contribution in [0.1, 0.15) is 21.5 Å². The molecule has 2 aromatic carbocycles. The monoisotopic (exact) mass is 393 g/mol. The number of carbonyl (C=O) groups excluding carboxylic acids is 1. The van der Waals surface area contributed by atoms with E-state index in [-0.39, 0.29) is 5.91 Å². The fraction of sp³-hybridized carbons (Fsp3) is 0.435. The first-order chi connectivity index (χ1) is 14.1. The number of amides is 1. The van der Waals surface area contributed by atoms with E-state index in [1.807, 2.05) is 18.2 Å². The van der Waals surface area contributed by atoms with Crippen LogP contribution in [0.3, 0.4) is 0 Å². The fourth-order valence-corrected chi connectivity index (χ4v) is 4.16. The Bertz CT molecular complexity index is 870. The summed E-state index contributed by atoms with van der Waals surface area (Å²) in [7, 11) is 0. The molecule has 0 bridgehead atoms. The van der Waals surface area contributed by atoms with Gasteiger partial charge >= 0.3 is 0 Å². The van der Waals surface area contributed by atoms with E-state index < -0.39 is 0 Å². The summed E-state index contributed by atoms with van der Waals surface area (Å²) in [6.45, 7) is 12.2. The molecule has 3 N–H and O–H groups in total. The summed E-state index contributed by atoms with van der Waals surface area (Å²) in [5, 5.41) is 9.85. The number of nitrogens with one attached hydrogen (secondary N) is 3. The number of piperazine rings is 2. The Morgan fingerprint density at radius 3 is 2.10 bits per heavy atom. The second-order valence-corrected chi connectivity index (χ2v) is 7.93. The predicted octanol–water partition coefficient (Wildman–Crippen LogP) is 2.37. The average Bonchev–Trinajstić information content (AvgIpc) is 2.76. The molecule has 0 aromatic heterocycles. The van der Waals surface area contributed by atoms with Crippen LogP contribution in [-0.4, -0.2) is 58.3 Å². The van der Waals surface area contributed by atoms with Crippen LogP contribution in [0.4, 0.5) is 17.1 Å². The van der Waals surface area contributed by atoms with Gasteiger partial charge in [0.2, 0.25) is 0 Å². The topological polar surface area (TPSA) is 59.6 Å². The highest BCUT2D eigenvalue weighted by Gasteiger charge is 2.16. The molecule has 6 heteroatoms. The van der Waals surface area contributed by atoms with Crippen molar-refractivity contribution in [2.24, 2.45) is 0 Å². The van der Waals surface area contributed by atoms with Gasteiger partial charge in [0.25, 0.3) is 5.91 Å². The molecule has 0 aliphatic carbocycles. The van der Waals surface area contributed by atoms with Crippen LogP contribution in [0.5, 0.6) is 0 Å². The lowest BCUT2D eigenvalue weighted by Crippen LogP contribution is -2.43. The third-order valence-corrected chi connectivity index (χ3v) is 5.86. The molecule has 2 aliphatic rings. The minimum Gasteiger partial charge on any atom is -0.369 e. The highest BCUT2D eigenvalue weighted by atomic mass is 16.1. The predicted molar refractivity (Wildman–Crippen MR) is 120 cm³/mol. The van der Waals surface area contributed by atoms with E-state index in [2.05, 4.69) is 57.8 Å². The molecule has 0 unspecified atom stereocenters. The summed E-state index contributed by atoms with van der Waals surface area (Å²) in [6.07, 6.45) is 0. The van der Waals surface area contributed by atoms with Crippen molar-refractivity contribution in [1.29, 1.82) is 0 Å². The van der Waals surface area contributed by atoms with Crippen molar-refractivity contribution >= 4 is 23.0 Å². The molecule has 0 saturated carbocycles. The Labute approximate surface area is 173 Å². The molecule has 0 radical (unpaired) electrons. The minimum atomic E-state index is -0.0574. The zero-order valence-corrected chi connectivity index (χ0v) is 17.4. The van der Waals surface area contributed by atoms with Crippen LogP contribution in [0.25, 0.3) is 0 Å². The number of hydrogen-bond donors (Lipinski definition) is 3. The zero-order valence-electron chi connectivity index (χ0n) is 17.4. The maximum absolute atomic E-state index is 12.8. The summed E-state index contributed by atoms with van der Waals surface area (Å²) >= 11 is 0. The summed E-state index contributed by atoms with van der Waals surface area (Å²) in [4.78, 5) is 17.6. The van der Waals surface area contributed by atoms with E-state index >= 15 is 0 Å². The SMILES string of the molecule is Cc1cc(N2CCNCC2)ccc1NC(=O)c1ccc(N2CCNCC2)c(C)c1. The molecule has 29 heavy (non-hydrogen) atoms. The first kappa shape index (κ1) is 19.7. The Morgan fingerprint density at radius 1 is 0.828 bits per heavy atom. The van der Waals surface area contributed by atoms with Gasteiger partial charge < -0.3 is 25.8 Å². The number of anilines is 3. The van der Waals surface area contributed by atoms with Crippen molar-refractivity contribution in [3.05, 3.63) is 53.1 Å². The molecule has 0 atom stereocenters. The Morgan fingerprint density at radius 2 is 1.48 bits per heavy atom. The van der Waals surface area contributed by atoms with Crippen molar-refractivity contribution in [2.45, 2.75) is 13.8 Å². The lowest BCUT2D eigenvalue weighted by atomic mass is 10.1. The van der Waals surface area contributed by atoms with Crippen molar-refractivity contribution in [2.75, 3.05) is 67.5 Å². The number of hydrogen-bond acceptors (Lipinski definition) is 5. The molecule has 6 nitrogen and oxygen atoms in total. The normalized spacial score (nSPS) is 17.3. The molecule has 154 valence electrons. The lowest BCUT2D eigenvalue weighted by Gasteiger charge is -2.31. The van der Waals surface area contributed by atoms with Crippen LogP contribution in [0.2, 0.25) is 0 Å². The Hall–Kier alpha value is -2.57. The van der Waals surface area contributed by atoms with Crippen LogP contribution in [0, 0.1) is 13.8 Å². The first-order valence-electron chi connectivity index (χ1n) is 10.6. The summed E-state index contributed by atoms with van der Waals surface area (Å²) in [6, 6.07) is 12.3. The molecule has 2 aromatic rings. The van der Waals surface area contributed by atoms with Gasteiger partial charge in [-0.05, 0) is 61.4 Å². The second kappa shape index (κ2) is 8.84. The van der Waals surface area contributed by atoms with E-state index in [9.17, 15) is 4.79 Å². The van der Waals surface area contributed by atoms with E-state index in [0.717, 1.165) is 69.2 Å². The van der Waals surface area contributed by atoms with Gasteiger partial charge in [0.1, 0.15) is 0 Å². The van der Waals surface area contributed by atoms with Crippen molar-refractivity contribution in [3.8, 4) is 0 Å². The molecule has 2 saturated heterocycles. The number of nitrogens with zero attached hydrogens (tertiary/aromatic N) is 2. The maximum atomic E-state index is 12.8. The van der Waals surface area contributed by atoms with Gasteiger partial charge in [-0.3, -0.25) is 4.79 Å². The summed E-state index contributed by atoms with van der Waals surface area (Å²) in [5.41, 5.74) is 6.25. The van der Waals surface area contributed by atoms with Crippen LogP contribution in [0.15, 0.2) is 36.4 Å². The molecule has 2 fully saturated rings. The quantitative estimate of drug-likeness (QED) is 0.745. The number of carbonyl (C=O) groups is 1. The van der Waals surface area contributed by atoms with E-state index in [0.29, 0.717) is 5.56 Å². The van der Waals surface area contributed by atoms with Gasteiger partial charge in [0, 0.05) is 75.0 Å². The average molecular weight is 394 g/mol. The summed E-state index contributed by atoms with van der Waals surface area (Å²) in [5.74, 6) is -0.0574.